The molecule has 0 aliphatic carbocycles. The molecule has 0 fully saturated rings. The molecule has 0 radical (unpaired) electrons. The van der Waals surface area contributed by atoms with Gasteiger partial charge in [0.05, 0.1) is 11.4 Å². The van der Waals surface area contributed by atoms with Crippen LogP contribution in [0.4, 0.5) is 10.1 Å². The lowest BCUT2D eigenvalue weighted by Gasteiger charge is -2.00. The highest BCUT2D eigenvalue weighted by molar-refractivity contribution is 7.98. The lowest BCUT2D eigenvalue weighted by Crippen LogP contribution is -1.94. The first-order chi connectivity index (χ1) is 9.04. The molecule has 2 N–H and O–H groups in total. The minimum atomic E-state index is -0.404. The number of nitrogen functional groups attached to an aromatic ring is 1. The van der Waals surface area contributed by atoms with E-state index in [9.17, 15) is 4.39 Å². The average molecular weight is 281 g/mol. The summed E-state index contributed by atoms with van der Waals surface area (Å²) in [5, 5.41) is 3.90. The van der Waals surface area contributed by atoms with Crippen LogP contribution in [-0.4, -0.2) is 10.1 Å². The van der Waals surface area contributed by atoms with E-state index < -0.39 is 5.82 Å². The van der Waals surface area contributed by atoms with Gasteiger partial charge < -0.3 is 10.3 Å². The minimum Gasteiger partial charge on any atom is -0.396 e. The molecule has 0 aliphatic rings. The number of thioether (sulfide) groups is 1. The third-order valence-corrected chi connectivity index (χ3v) is 3.42. The first-order valence-corrected chi connectivity index (χ1v) is 7.02. The van der Waals surface area contributed by atoms with Crippen molar-refractivity contribution in [2.75, 3.05) is 5.73 Å². The Morgan fingerprint density at radius 3 is 2.89 bits per heavy atom. The van der Waals surface area contributed by atoms with E-state index in [2.05, 4.69) is 24.0 Å². The van der Waals surface area contributed by atoms with Crippen LogP contribution >= 0.6 is 11.8 Å². The van der Waals surface area contributed by atoms with Crippen LogP contribution in [0.2, 0.25) is 0 Å². The van der Waals surface area contributed by atoms with Crippen LogP contribution in [0.3, 0.4) is 0 Å². The lowest BCUT2D eigenvalue weighted by molar-refractivity contribution is 0.360. The van der Waals surface area contributed by atoms with E-state index in [4.69, 9.17) is 10.3 Å². The number of anilines is 1. The van der Waals surface area contributed by atoms with Crippen molar-refractivity contribution >= 4 is 17.4 Å². The highest BCUT2D eigenvalue weighted by Gasteiger charge is 2.09. The summed E-state index contributed by atoms with van der Waals surface area (Å²) in [5.74, 6) is 1.89. The van der Waals surface area contributed by atoms with E-state index in [1.165, 1.54) is 17.8 Å². The van der Waals surface area contributed by atoms with Crippen LogP contribution in [0.1, 0.15) is 25.6 Å². The third-order valence-electron chi connectivity index (χ3n) is 2.43. The Hall–Kier alpha value is -1.56. The minimum absolute atomic E-state index is 0.156. The van der Waals surface area contributed by atoms with Crippen LogP contribution in [0.5, 0.6) is 0 Å². The number of benzene rings is 1. The number of nitrogens with zero attached hydrogens (tertiary/aromatic N) is 2. The van der Waals surface area contributed by atoms with Crippen LogP contribution in [-0.2, 0) is 12.2 Å². The second kappa shape index (κ2) is 6.06. The molecule has 1 aromatic carbocycles. The van der Waals surface area contributed by atoms with Crippen molar-refractivity contribution in [1.82, 2.24) is 10.1 Å². The number of aromatic nitrogens is 2. The molecule has 0 amide bonds. The SMILES string of the molecule is CC(C)Cc1nc(CSc2ccc(N)c(F)c2)no1. The Morgan fingerprint density at radius 1 is 1.42 bits per heavy atom. The number of halogens is 1. The van der Waals surface area contributed by atoms with E-state index in [1.807, 2.05) is 0 Å². The molecule has 2 rings (SSSR count). The Morgan fingerprint density at radius 2 is 2.21 bits per heavy atom. The predicted molar refractivity (Wildman–Crippen MR) is 73.2 cm³/mol. The number of nitrogens with two attached hydrogens (primary N) is 1. The van der Waals surface area contributed by atoms with Gasteiger partial charge in [-0.15, -0.1) is 11.8 Å². The molecule has 0 bridgehead atoms. The van der Waals surface area contributed by atoms with E-state index in [0.717, 1.165) is 11.3 Å². The van der Waals surface area contributed by atoms with Crippen molar-refractivity contribution < 1.29 is 8.91 Å². The van der Waals surface area contributed by atoms with Crippen molar-refractivity contribution in [2.24, 2.45) is 5.92 Å². The molecule has 0 saturated heterocycles. The van der Waals surface area contributed by atoms with Gasteiger partial charge in [-0.05, 0) is 24.1 Å². The molecular weight excluding hydrogens is 265 g/mol. The van der Waals surface area contributed by atoms with Gasteiger partial charge >= 0.3 is 0 Å². The van der Waals surface area contributed by atoms with Gasteiger partial charge in [0.2, 0.25) is 5.89 Å². The van der Waals surface area contributed by atoms with Crippen LogP contribution in [0.25, 0.3) is 0 Å². The van der Waals surface area contributed by atoms with Crippen molar-refractivity contribution in [1.29, 1.82) is 0 Å². The predicted octanol–water partition coefficient (Wildman–Crippen LogP) is 3.28. The third kappa shape index (κ3) is 3.96. The molecule has 102 valence electrons. The Bertz CT molecular complexity index is 557. The second-order valence-corrected chi connectivity index (χ2v) is 5.72. The van der Waals surface area contributed by atoms with Crippen LogP contribution < -0.4 is 5.73 Å². The zero-order chi connectivity index (χ0) is 13.8. The molecular formula is C13H16FN3OS. The summed E-state index contributed by atoms with van der Waals surface area (Å²) >= 11 is 1.45. The van der Waals surface area contributed by atoms with Gasteiger partial charge in [0.15, 0.2) is 5.82 Å². The normalized spacial score (nSPS) is 11.2. The molecule has 0 atom stereocenters. The van der Waals surface area contributed by atoms with Crippen molar-refractivity contribution in [2.45, 2.75) is 30.9 Å². The smallest absolute Gasteiger partial charge is 0.226 e. The van der Waals surface area contributed by atoms with Gasteiger partial charge in [-0.25, -0.2) is 4.39 Å². The molecule has 0 unspecified atom stereocenters. The summed E-state index contributed by atoms with van der Waals surface area (Å²) in [6.45, 7) is 4.19. The molecule has 1 heterocycles. The van der Waals surface area contributed by atoms with Crippen LogP contribution in [0, 0.1) is 11.7 Å². The maximum atomic E-state index is 13.3. The van der Waals surface area contributed by atoms with Crippen molar-refractivity contribution in [3.63, 3.8) is 0 Å². The topological polar surface area (TPSA) is 64.9 Å². The largest absolute Gasteiger partial charge is 0.396 e. The van der Waals surface area contributed by atoms with Gasteiger partial charge in [-0.1, -0.05) is 19.0 Å². The maximum absolute atomic E-state index is 13.3. The summed E-state index contributed by atoms with van der Waals surface area (Å²) < 4.78 is 18.4. The number of hydrogen-bond donors (Lipinski definition) is 1. The lowest BCUT2D eigenvalue weighted by atomic mass is 10.1. The molecule has 0 aliphatic heterocycles. The molecule has 0 spiro atoms. The summed E-state index contributed by atoms with van der Waals surface area (Å²) in [7, 11) is 0. The molecule has 0 saturated carbocycles. The van der Waals surface area contributed by atoms with Gasteiger partial charge in [-0.3, -0.25) is 0 Å². The van der Waals surface area contributed by atoms with Crippen molar-refractivity contribution in [3.8, 4) is 0 Å². The molecule has 19 heavy (non-hydrogen) atoms. The van der Waals surface area contributed by atoms with E-state index in [-0.39, 0.29) is 5.69 Å². The fourth-order valence-corrected chi connectivity index (χ4v) is 2.29. The van der Waals surface area contributed by atoms with Gasteiger partial charge in [0, 0.05) is 11.3 Å². The zero-order valence-corrected chi connectivity index (χ0v) is 11.7. The highest BCUT2D eigenvalue weighted by Crippen LogP contribution is 2.24. The monoisotopic (exact) mass is 281 g/mol. The maximum Gasteiger partial charge on any atom is 0.226 e. The Labute approximate surface area is 115 Å². The fraction of sp³-hybridized carbons (Fsp3) is 0.385. The number of hydrogen-bond acceptors (Lipinski definition) is 5. The Kier molecular flexibility index (Phi) is 4.42. The zero-order valence-electron chi connectivity index (χ0n) is 10.9. The van der Waals surface area contributed by atoms with Gasteiger partial charge in [0.25, 0.3) is 0 Å². The second-order valence-electron chi connectivity index (χ2n) is 4.67. The molecule has 4 nitrogen and oxygen atoms in total. The van der Waals surface area contributed by atoms with Crippen LogP contribution in [0.15, 0.2) is 27.6 Å². The van der Waals surface area contributed by atoms with E-state index in [0.29, 0.717) is 23.4 Å². The molecule has 1 aromatic heterocycles. The Balaban J connectivity index is 1.94. The quantitative estimate of drug-likeness (QED) is 0.673. The van der Waals surface area contributed by atoms with Gasteiger partial charge in [-0.2, -0.15) is 4.98 Å². The van der Waals surface area contributed by atoms with Gasteiger partial charge in [0.1, 0.15) is 5.82 Å². The first-order valence-electron chi connectivity index (χ1n) is 6.04. The summed E-state index contributed by atoms with van der Waals surface area (Å²) in [6, 6.07) is 4.74. The summed E-state index contributed by atoms with van der Waals surface area (Å²) in [4.78, 5) is 5.08. The standard InChI is InChI=1S/C13H16FN3OS/c1-8(2)5-13-16-12(17-18-13)7-19-9-3-4-11(15)10(14)6-9/h3-4,6,8H,5,7,15H2,1-2H3. The van der Waals surface area contributed by atoms with E-state index in [1.54, 1.807) is 12.1 Å². The summed E-state index contributed by atoms with van der Waals surface area (Å²) in [6.07, 6.45) is 0.772. The average Bonchev–Trinajstić information content (AvgIpc) is 2.77. The number of rotatable bonds is 5. The molecule has 6 heteroatoms. The van der Waals surface area contributed by atoms with Crippen molar-refractivity contribution in [3.05, 3.63) is 35.7 Å². The molecule has 2 aromatic rings. The summed E-state index contributed by atoms with van der Waals surface area (Å²) in [5.41, 5.74) is 5.58. The van der Waals surface area contributed by atoms with E-state index >= 15 is 0 Å². The fourth-order valence-electron chi connectivity index (χ4n) is 1.53. The highest BCUT2D eigenvalue weighted by atomic mass is 32.2. The first kappa shape index (κ1) is 13.9.